The number of aliphatic carboxylic acids is 1. The fourth-order valence-corrected chi connectivity index (χ4v) is 2.71. The number of hydrogen-bond acceptors (Lipinski definition) is 6. The number of nitrogens with one attached hydrogen (secondary N) is 1. The number of carboxylic acids is 1. The van der Waals surface area contributed by atoms with Crippen LogP contribution in [-0.4, -0.2) is 23.5 Å². The van der Waals surface area contributed by atoms with E-state index >= 15 is 0 Å². The van der Waals surface area contributed by atoms with Crippen molar-refractivity contribution in [1.29, 1.82) is 5.53 Å². The number of hydrazone groups is 1. The number of rotatable bonds is 5. The highest BCUT2D eigenvalue weighted by atomic mass is 32.1. The van der Waals surface area contributed by atoms with Crippen molar-refractivity contribution in [2.24, 2.45) is 16.1 Å². The van der Waals surface area contributed by atoms with E-state index in [1.807, 2.05) is 30.3 Å². The number of benzene rings is 1. The van der Waals surface area contributed by atoms with Crippen molar-refractivity contribution in [3.8, 4) is 16.2 Å². The first-order chi connectivity index (χ1) is 10.2. The maximum Gasteiger partial charge on any atom is 0.341 e. The van der Waals surface area contributed by atoms with E-state index in [-0.39, 0.29) is 5.84 Å². The summed E-state index contributed by atoms with van der Waals surface area (Å²) in [5, 5.41) is 15.4. The molecule has 0 spiro atoms. The minimum Gasteiger partial charge on any atom is -0.480 e. The molecule has 1 aromatic heterocycles. The van der Waals surface area contributed by atoms with Gasteiger partial charge < -0.3 is 15.7 Å². The van der Waals surface area contributed by atoms with Crippen LogP contribution in [0.4, 0.5) is 0 Å². The average Bonchev–Trinajstić information content (AvgIpc) is 2.92. The maximum absolute atomic E-state index is 10.6. The number of hydrogen-bond donors (Lipinski definition) is 3. The summed E-state index contributed by atoms with van der Waals surface area (Å²) >= 11 is 1.28. The third kappa shape index (κ3) is 3.42. The largest absolute Gasteiger partial charge is 0.480 e. The van der Waals surface area contributed by atoms with Crippen LogP contribution in [0.15, 0.2) is 46.6 Å². The number of nitrogens with two attached hydrogens (primary N) is 1. The molecule has 0 bridgehead atoms. The number of carbonyl (C=O) groups is 1. The van der Waals surface area contributed by atoms with Crippen molar-refractivity contribution in [2.45, 2.75) is 0 Å². The molecule has 0 amide bonds. The predicted octanol–water partition coefficient (Wildman–Crippen LogP) is 2.53. The van der Waals surface area contributed by atoms with Crippen molar-refractivity contribution in [2.75, 3.05) is 6.61 Å². The average molecular weight is 304 g/mol. The zero-order valence-corrected chi connectivity index (χ0v) is 11.6. The van der Waals surface area contributed by atoms with Crippen LogP contribution in [0.25, 0.3) is 10.4 Å². The second-order valence-electron chi connectivity index (χ2n) is 3.92. The third-order valence-electron chi connectivity index (χ3n) is 2.54. The molecule has 0 aliphatic carbocycles. The molecule has 0 saturated heterocycles. The van der Waals surface area contributed by atoms with Crippen LogP contribution < -0.4 is 10.6 Å². The standard InChI is InChI=1S/C13H12N4O3S/c14-16-13(17-15)12-9(20-7-11(18)19)6-10(21-12)8-4-2-1-3-5-8/h1-6,14H,7,15H2,(H,18,19)/b16-14?,17-13-. The van der Waals surface area contributed by atoms with E-state index in [1.165, 1.54) is 11.3 Å². The fraction of sp³-hybridized carbons (Fsp3) is 0.0769. The van der Waals surface area contributed by atoms with E-state index in [0.29, 0.717) is 10.6 Å². The Hall–Kier alpha value is -2.74. The second-order valence-corrected chi connectivity index (χ2v) is 4.97. The molecule has 1 heterocycles. The van der Waals surface area contributed by atoms with Crippen molar-refractivity contribution < 1.29 is 14.6 Å². The smallest absolute Gasteiger partial charge is 0.341 e. The van der Waals surface area contributed by atoms with Crippen molar-refractivity contribution in [3.05, 3.63) is 41.3 Å². The van der Waals surface area contributed by atoms with Gasteiger partial charge in [-0.2, -0.15) is 5.10 Å². The van der Waals surface area contributed by atoms with Gasteiger partial charge in [-0.25, -0.2) is 10.3 Å². The van der Waals surface area contributed by atoms with Gasteiger partial charge in [-0.1, -0.05) is 30.3 Å². The van der Waals surface area contributed by atoms with Crippen molar-refractivity contribution in [3.63, 3.8) is 0 Å². The summed E-state index contributed by atoms with van der Waals surface area (Å²) in [5.41, 5.74) is 8.01. The highest BCUT2D eigenvalue weighted by Crippen LogP contribution is 2.36. The van der Waals surface area contributed by atoms with Crippen LogP contribution in [0.5, 0.6) is 5.75 Å². The molecule has 2 rings (SSSR count). The monoisotopic (exact) mass is 304 g/mol. The van der Waals surface area contributed by atoms with Crippen LogP contribution >= 0.6 is 11.3 Å². The van der Waals surface area contributed by atoms with Gasteiger partial charge in [0.05, 0.1) is 0 Å². The van der Waals surface area contributed by atoms with Gasteiger partial charge in [0.25, 0.3) is 0 Å². The number of amidine groups is 1. The normalized spacial score (nSPS) is 11.1. The Morgan fingerprint density at radius 3 is 2.67 bits per heavy atom. The lowest BCUT2D eigenvalue weighted by Crippen LogP contribution is -2.10. The van der Waals surface area contributed by atoms with Gasteiger partial charge in [-0.3, -0.25) is 0 Å². The van der Waals surface area contributed by atoms with Crippen LogP contribution in [0.1, 0.15) is 4.88 Å². The predicted molar refractivity (Wildman–Crippen MR) is 78.8 cm³/mol. The molecule has 1 aromatic carbocycles. The summed E-state index contributed by atoms with van der Waals surface area (Å²) in [6, 6.07) is 11.2. The van der Waals surface area contributed by atoms with Gasteiger partial charge >= 0.3 is 5.97 Å². The molecule has 21 heavy (non-hydrogen) atoms. The van der Waals surface area contributed by atoms with E-state index in [0.717, 1.165) is 10.4 Å². The molecule has 4 N–H and O–H groups in total. The van der Waals surface area contributed by atoms with Crippen LogP contribution in [0.2, 0.25) is 0 Å². The molecular weight excluding hydrogens is 292 g/mol. The SMILES string of the molecule is N=N/C(=N\N)c1sc(-c2ccccc2)cc1OCC(=O)O. The zero-order chi connectivity index (χ0) is 15.2. The maximum atomic E-state index is 10.6. The summed E-state index contributed by atoms with van der Waals surface area (Å²) in [4.78, 5) is 11.9. The van der Waals surface area contributed by atoms with E-state index in [9.17, 15) is 4.79 Å². The molecule has 0 radical (unpaired) electrons. The van der Waals surface area contributed by atoms with E-state index in [4.69, 9.17) is 21.2 Å². The van der Waals surface area contributed by atoms with Gasteiger partial charge in [0, 0.05) is 4.88 Å². The molecule has 108 valence electrons. The molecule has 2 aromatic rings. The van der Waals surface area contributed by atoms with Crippen molar-refractivity contribution >= 4 is 23.1 Å². The minimum atomic E-state index is -1.09. The zero-order valence-electron chi connectivity index (χ0n) is 10.8. The highest BCUT2D eigenvalue weighted by molar-refractivity contribution is 7.17. The Balaban J connectivity index is 2.44. The summed E-state index contributed by atoms with van der Waals surface area (Å²) < 4.78 is 5.22. The van der Waals surface area contributed by atoms with E-state index < -0.39 is 12.6 Å². The summed E-state index contributed by atoms with van der Waals surface area (Å²) in [6.45, 7) is -0.492. The molecule has 0 atom stereocenters. The molecule has 0 aliphatic heterocycles. The minimum absolute atomic E-state index is 0.0115. The Labute approximate surface area is 124 Å². The number of carboxylic acid groups (broad SMARTS) is 1. The summed E-state index contributed by atoms with van der Waals surface area (Å²) in [5.74, 6) is 4.38. The first-order valence-electron chi connectivity index (χ1n) is 5.85. The summed E-state index contributed by atoms with van der Waals surface area (Å²) in [6.07, 6.45) is 0. The molecule has 7 nitrogen and oxygen atoms in total. The molecule has 0 unspecified atom stereocenters. The summed E-state index contributed by atoms with van der Waals surface area (Å²) in [7, 11) is 0. The topological polar surface area (TPSA) is 121 Å². The molecule has 0 saturated carbocycles. The number of ether oxygens (including phenoxy) is 1. The first kappa shape index (κ1) is 14.7. The van der Waals surface area contributed by atoms with E-state index in [1.54, 1.807) is 6.07 Å². The molecule has 0 aliphatic rings. The molecular formula is C13H12N4O3S. The van der Waals surface area contributed by atoms with Gasteiger partial charge in [-0.05, 0) is 11.6 Å². The lowest BCUT2D eigenvalue weighted by molar-refractivity contribution is -0.139. The lowest BCUT2D eigenvalue weighted by Gasteiger charge is -2.02. The fourth-order valence-electron chi connectivity index (χ4n) is 1.66. The quantitative estimate of drug-likeness (QED) is 0.258. The van der Waals surface area contributed by atoms with Gasteiger partial charge in [-0.15, -0.1) is 16.5 Å². The Kier molecular flexibility index (Phi) is 4.62. The van der Waals surface area contributed by atoms with Gasteiger partial charge in [0.15, 0.2) is 6.61 Å². The molecule has 8 heteroatoms. The number of nitrogens with zero attached hydrogens (tertiary/aromatic N) is 2. The van der Waals surface area contributed by atoms with Crippen LogP contribution in [0.3, 0.4) is 0 Å². The highest BCUT2D eigenvalue weighted by Gasteiger charge is 2.17. The van der Waals surface area contributed by atoms with E-state index in [2.05, 4.69) is 10.2 Å². The Bertz CT molecular complexity index is 682. The van der Waals surface area contributed by atoms with Crippen molar-refractivity contribution in [1.82, 2.24) is 0 Å². The second kappa shape index (κ2) is 6.62. The Morgan fingerprint density at radius 2 is 2.10 bits per heavy atom. The van der Waals surface area contributed by atoms with Crippen LogP contribution in [0, 0.1) is 5.53 Å². The number of thiophene rings is 1. The lowest BCUT2D eigenvalue weighted by atomic mass is 10.2. The molecule has 0 fully saturated rings. The third-order valence-corrected chi connectivity index (χ3v) is 3.70. The first-order valence-corrected chi connectivity index (χ1v) is 6.67. The van der Waals surface area contributed by atoms with Gasteiger partial charge in [0.2, 0.25) is 5.84 Å². The van der Waals surface area contributed by atoms with Gasteiger partial charge in [0.1, 0.15) is 10.6 Å². The Morgan fingerprint density at radius 1 is 1.38 bits per heavy atom. The van der Waals surface area contributed by atoms with Crippen LogP contribution in [-0.2, 0) is 4.79 Å².